The Morgan fingerprint density at radius 2 is 2.11 bits per heavy atom. The van der Waals surface area contributed by atoms with Crippen LogP contribution in [-0.4, -0.2) is 38.0 Å². The highest BCUT2D eigenvalue weighted by molar-refractivity contribution is 9.10. The Hall–Kier alpha value is -0.630. The number of hydrogen-bond donors (Lipinski definition) is 2. The summed E-state index contributed by atoms with van der Waals surface area (Å²) in [7, 11) is -2.11. The van der Waals surface area contributed by atoms with Crippen LogP contribution in [0.3, 0.4) is 0 Å². The van der Waals surface area contributed by atoms with Gasteiger partial charge in [0, 0.05) is 24.7 Å². The minimum Gasteiger partial charge on any atom is -0.396 e. The fourth-order valence-corrected chi connectivity index (χ4v) is 2.82. The lowest BCUT2D eigenvalue weighted by molar-refractivity contribution is 0.276. The minimum atomic E-state index is -3.58. The van der Waals surface area contributed by atoms with E-state index in [0.717, 1.165) is 10.0 Å². The van der Waals surface area contributed by atoms with Gasteiger partial charge in [-0.15, -0.1) is 0 Å². The number of rotatable bonds is 6. The molecule has 0 aliphatic heterocycles. The Kier molecular flexibility index (Phi) is 5.58. The summed E-state index contributed by atoms with van der Waals surface area (Å²) < 4.78 is 28.4. The fraction of sp³-hybridized carbons (Fsp3) is 0.455. The van der Waals surface area contributed by atoms with Crippen molar-refractivity contribution in [3.05, 3.63) is 28.2 Å². The monoisotopic (exact) mass is 336 g/mol. The first-order chi connectivity index (χ1) is 8.38. The molecule has 7 heteroatoms. The third kappa shape index (κ3) is 3.94. The van der Waals surface area contributed by atoms with Crippen LogP contribution in [0.4, 0.5) is 5.69 Å². The van der Waals surface area contributed by atoms with Crippen LogP contribution in [0.25, 0.3) is 0 Å². The minimum absolute atomic E-state index is 0.0337. The summed E-state index contributed by atoms with van der Waals surface area (Å²) in [5.41, 5.74) is 1.46. The number of aryl methyl sites for hydroxylation is 1. The second-order valence-corrected chi connectivity index (χ2v) is 6.51. The van der Waals surface area contributed by atoms with E-state index >= 15 is 0 Å². The van der Waals surface area contributed by atoms with E-state index in [2.05, 4.69) is 20.7 Å². The van der Waals surface area contributed by atoms with Crippen molar-refractivity contribution in [3.63, 3.8) is 0 Å². The normalized spacial score (nSPS) is 11.8. The summed E-state index contributed by atoms with van der Waals surface area (Å²) in [5.74, 6) is 0. The van der Waals surface area contributed by atoms with Crippen LogP contribution in [0.2, 0.25) is 0 Å². The van der Waals surface area contributed by atoms with Crippen LogP contribution in [-0.2, 0) is 10.2 Å². The van der Waals surface area contributed by atoms with Crippen LogP contribution in [0.15, 0.2) is 22.7 Å². The van der Waals surface area contributed by atoms with Crippen LogP contribution >= 0.6 is 15.9 Å². The fourth-order valence-electron chi connectivity index (χ4n) is 1.36. The number of nitrogens with zero attached hydrogens (tertiary/aromatic N) is 1. The van der Waals surface area contributed by atoms with E-state index < -0.39 is 10.2 Å². The van der Waals surface area contributed by atoms with E-state index in [1.807, 2.05) is 13.0 Å². The predicted molar refractivity (Wildman–Crippen MR) is 75.8 cm³/mol. The molecule has 0 radical (unpaired) electrons. The second kappa shape index (κ2) is 6.51. The molecule has 18 heavy (non-hydrogen) atoms. The molecule has 0 fully saturated rings. The van der Waals surface area contributed by atoms with Crippen LogP contribution < -0.4 is 4.72 Å². The number of aliphatic hydroxyl groups is 1. The summed E-state index contributed by atoms with van der Waals surface area (Å²) >= 11 is 3.35. The maximum Gasteiger partial charge on any atom is 0.301 e. The topological polar surface area (TPSA) is 69.6 Å². The van der Waals surface area contributed by atoms with E-state index in [1.165, 1.54) is 11.4 Å². The maximum atomic E-state index is 12.0. The van der Waals surface area contributed by atoms with Crippen molar-refractivity contribution >= 4 is 31.8 Å². The molecule has 0 atom stereocenters. The molecule has 1 aromatic carbocycles. The average Bonchev–Trinajstić information content (AvgIpc) is 2.31. The molecule has 1 aromatic rings. The van der Waals surface area contributed by atoms with Crippen LogP contribution in [0.5, 0.6) is 0 Å². The molecule has 0 spiro atoms. The first-order valence-corrected chi connectivity index (χ1v) is 7.72. The summed E-state index contributed by atoms with van der Waals surface area (Å²) in [4.78, 5) is 0. The van der Waals surface area contributed by atoms with E-state index in [0.29, 0.717) is 12.1 Å². The number of aliphatic hydroxyl groups excluding tert-OH is 1. The molecule has 2 N–H and O–H groups in total. The lowest BCUT2D eigenvalue weighted by Crippen LogP contribution is -2.33. The molecule has 0 bridgehead atoms. The zero-order valence-electron chi connectivity index (χ0n) is 10.4. The number of nitrogens with one attached hydrogen (secondary N) is 1. The Morgan fingerprint density at radius 3 is 2.72 bits per heavy atom. The predicted octanol–water partition coefficient (Wildman–Crippen LogP) is 1.73. The van der Waals surface area contributed by atoms with Gasteiger partial charge in [-0.1, -0.05) is 12.1 Å². The van der Waals surface area contributed by atoms with Gasteiger partial charge in [0.25, 0.3) is 0 Å². The molecule has 0 amide bonds. The van der Waals surface area contributed by atoms with Crippen molar-refractivity contribution in [2.24, 2.45) is 0 Å². The summed E-state index contributed by atoms with van der Waals surface area (Å²) in [5, 5.41) is 8.70. The van der Waals surface area contributed by atoms with Gasteiger partial charge in [-0.2, -0.15) is 12.7 Å². The molecule has 0 heterocycles. The van der Waals surface area contributed by atoms with Gasteiger partial charge in [0.2, 0.25) is 0 Å². The first-order valence-electron chi connectivity index (χ1n) is 5.48. The molecule has 1 rings (SSSR count). The Balaban J connectivity index is 2.85. The van der Waals surface area contributed by atoms with Gasteiger partial charge in [0.05, 0.1) is 5.69 Å². The Bertz CT molecular complexity index is 505. The number of anilines is 1. The molecular formula is C11H17BrN2O3S. The average molecular weight is 337 g/mol. The first kappa shape index (κ1) is 15.4. The lowest BCUT2D eigenvalue weighted by atomic mass is 10.2. The molecule has 0 aromatic heterocycles. The van der Waals surface area contributed by atoms with Gasteiger partial charge in [-0.3, -0.25) is 4.72 Å². The lowest BCUT2D eigenvalue weighted by Gasteiger charge is -2.18. The number of benzene rings is 1. The Morgan fingerprint density at radius 1 is 1.44 bits per heavy atom. The van der Waals surface area contributed by atoms with Crippen molar-refractivity contribution < 1.29 is 13.5 Å². The number of halogens is 1. The standard InChI is InChI=1S/C11H17BrN2O3S/c1-9-5-3-6-10(11(9)12)13-18(16,17)14(2)7-4-8-15/h3,5-6,13,15H,4,7-8H2,1-2H3. The molecule has 0 unspecified atom stereocenters. The van der Waals surface area contributed by atoms with Crippen LogP contribution in [0, 0.1) is 6.92 Å². The van der Waals surface area contributed by atoms with E-state index in [4.69, 9.17) is 5.11 Å². The summed E-state index contributed by atoms with van der Waals surface area (Å²) in [6.07, 6.45) is 0.409. The Labute approximate surface area is 116 Å². The maximum absolute atomic E-state index is 12.0. The second-order valence-electron chi connectivity index (χ2n) is 3.94. The van der Waals surface area contributed by atoms with Gasteiger partial charge in [0.1, 0.15) is 0 Å². The van der Waals surface area contributed by atoms with Gasteiger partial charge < -0.3 is 5.11 Å². The third-order valence-corrected chi connectivity index (χ3v) is 5.01. The third-order valence-electron chi connectivity index (χ3n) is 2.47. The molecule has 0 saturated carbocycles. The van der Waals surface area contributed by atoms with Crippen molar-refractivity contribution in [1.29, 1.82) is 0 Å². The zero-order chi connectivity index (χ0) is 13.8. The summed E-state index contributed by atoms with van der Waals surface area (Å²) in [6, 6.07) is 5.36. The van der Waals surface area contributed by atoms with Gasteiger partial charge in [-0.25, -0.2) is 0 Å². The van der Waals surface area contributed by atoms with Gasteiger partial charge >= 0.3 is 10.2 Å². The molecule has 5 nitrogen and oxygen atoms in total. The molecule has 102 valence electrons. The molecule has 0 aliphatic rings. The SMILES string of the molecule is Cc1cccc(NS(=O)(=O)N(C)CCCO)c1Br. The van der Waals surface area contributed by atoms with Gasteiger partial charge in [-0.05, 0) is 40.9 Å². The smallest absolute Gasteiger partial charge is 0.301 e. The summed E-state index contributed by atoms with van der Waals surface area (Å²) in [6.45, 7) is 2.13. The quantitative estimate of drug-likeness (QED) is 0.831. The molecular weight excluding hydrogens is 320 g/mol. The highest BCUT2D eigenvalue weighted by atomic mass is 79.9. The van der Waals surface area contributed by atoms with Crippen molar-refractivity contribution in [2.75, 3.05) is 24.9 Å². The number of hydrogen-bond acceptors (Lipinski definition) is 3. The highest BCUT2D eigenvalue weighted by Crippen LogP contribution is 2.26. The highest BCUT2D eigenvalue weighted by Gasteiger charge is 2.18. The zero-order valence-corrected chi connectivity index (χ0v) is 12.8. The van der Waals surface area contributed by atoms with E-state index in [-0.39, 0.29) is 13.2 Å². The van der Waals surface area contributed by atoms with Crippen molar-refractivity contribution in [2.45, 2.75) is 13.3 Å². The molecule has 0 aliphatic carbocycles. The van der Waals surface area contributed by atoms with Crippen molar-refractivity contribution in [3.8, 4) is 0 Å². The van der Waals surface area contributed by atoms with E-state index in [9.17, 15) is 8.42 Å². The molecule has 0 saturated heterocycles. The van der Waals surface area contributed by atoms with E-state index in [1.54, 1.807) is 12.1 Å². The van der Waals surface area contributed by atoms with Gasteiger partial charge in [0.15, 0.2) is 0 Å². The van der Waals surface area contributed by atoms with Crippen molar-refractivity contribution in [1.82, 2.24) is 4.31 Å². The van der Waals surface area contributed by atoms with Crippen LogP contribution in [0.1, 0.15) is 12.0 Å². The largest absolute Gasteiger partial charge is 0.396 e.